The van der Waals surface area contributed by atoms with Crippen LogP contribution in [0.25, 0.3) is 0 Å². The molecule has 1 N–H and O–H groups in total. The van der Waals surface area contributed by atoms with Gasteiger partial charge in [0, 0.05) is 0 Å². The summed E-state index contributed by atoms with van der Waals surface area (Å²) < 4.78 is 0. The summed E-state index contributed by atoms with van der Waals surface area (Å²) >= 11 is 0. The van der Waals surface area contributed by atoms with E-state index >= 15 is 0 Å². The van der Waals surface area contributed by atoms with Crippen LogP contribution in [0.4, 0.5) is 0 Å². The molecule has 3 rings (SSSR count). The summed E-state index contributed by atoms with van der Waals surface area (Å²) in [4.78, 5) is 0. The molecule has 0 spiro atoms. The molecule has 0 saturated heterocycles. The van der Waals surface area contributed by atoms with E-state index < -0.39 is 0 Å². The van der Waals surface area contributed by atoms with E-state index in [1.807, 2.05) is 0 Å². The van der Waals surface area contributed by atoms with Gasteiger partial charge in [0.15, 0.2) is 0 Å². The van der Waals surface area contributed by atoms with Crippen LogP contribution in [0.2, 0.25) is 0 Å². The maximum Gasteiger partial charge on any atom is 0.0608 e. The second-order valence-corrected chi connectivity index (χ2v) is 6.95. The lowest BCUT2D eigenvalue weighted by molar-refractivity contribution is 0.120. The Morgan fingerprint density at radius 2 is 2.00 bits per heavy atom. The summed E-state index contributed by atoms with van der Waals surface area (Å²) in [6.07, 6.45) is 3.53. The molecule has 0 radical (unpaired) electrons. The quantitative estimate of drug-likeness (QED) is 0.620. The minimum atomic E-state index is -0.0786. The molecule has 0 aromatic carbocycles. The summed E-state index contributed by atoms with van der Waals surface area (Å²) in [5.74, 6) is 2.94. The molecule has 5 unspecified atom stereocenters. The van der Waals surface area contributed by atoms with Crippen molar-refractivity contribution in [2.75, 3.05) is 0 Å². The lowest BCUT2D eigenvalue weighted by Gasteiger charge is -2.21. The predicted molar refractivity (Wildman–Crippen MR) is 66.0 cm³/mol. The molecule has 0 aromatic heterocycles. The van der Waals surface area contributed by atoms with Crippen molar-refractivity contribution < 1.29 is 5.11 Å². The van der Waals surface area contributed by atoms with Crippen molar-refractivity contribution in [2.45, 2.75) is 53.1 Å². The summed E-state index contributed by atoms with van der Waals surface area (Å²) in [5, 5.41) is 10.1. The lowest BCUT2D eigenvalue weighted by Crippen LogP contribution is -2.18. The topological polar surface area (TPSA) is 20.2 Å². The molecular weight excluding hydrogens is 196 g/mol. The Hall–Kier alpha value is -0.300. The van der Waals surface area contributed by atoms with Crippen molar-refractivity contribution in [1.82, 2.24) is 0 Å². The molecule has 0 heterocycles. The third-order valence-corrected chi connectivity index (χ3v) is 5.91. The van der Waals surface area contributed by atoms with Gasteiger partial charge >= 0.3 is 0 Å². The molecule has 0 bridgehead atoms. The van der Waals surface area contributed by atoms with E-state index in [4.69, 9.17) is 0 Å². The van der Waals surface area contributed by atoms with E-state index in [-0.39, 0.29) is 6.10 Å². The number of aliphatic hydroxyl groups excluding tert-OH is 1. The fourth-order valence-electron chi connectivity index (χ4n) is 4.69. The molecule has 1 heteroatoms. The second-order valence-electron chi connectivity index (χ2n) is 6.95. The Labute approximate surface area is 98.9 Å². The van der Waals surface area contributed by atoms with Crippen LogP contribution < -0.4 is 0 Å². The first-order chi connectivity index (χ1) is 7.44. The minimum absolute atomic E-state index is 0.0786. The molecular formula is C15H24O. The number of aliphatic hydroxyl groups is 1. The average Bonchev–Trinajstić information content (AvgIpc) is 2.68. The van der Waals surface area contributed by atoms with Crippen molar-refractivity contribution in [1.29, 1.82) is 0 Å². The first-order valence-corrected chi connectivity index (χ1v) is 6.81. The van der Waals surface area contributed by atoms with Crippen LogP contribution >= 0.6 is 0 Å². The zero-order valence-corrected chi connectivity index (χ0v) is 11.0. The van der Waals surface area contributed by atoms with E-state index in [0.29, 0.717) is 17.3 Å². The van der Waals surface area contributed by atoms with Crippen molar-refractivity contribution in [3.05, 3.63) is 11.1 Å². The van der Waals surface area contributed by atoms with Crippen LogP contribution in [0.5, 0.6) is 0 Å². The average molecular weight is 220 g/mol. The number of hydrogen-bond acceptors (Lipinski definition) is 1. The van der Waals surface area contributed by atoms with Gasteiger partial charge in [0.05, 0.1) is 6.10 Å². The zero-order chi connectivity index (χ0) is 11.7. The third kappa shape index (κ3) is 1.21. The van der Waals surface area contributed by atoms with Crippen LogP contribution in [-0.2, 0) is 0 Å². The number of fused-ring (bicyclic) bond motifs is 3. The number of rotatable bonds is 0. The maximum atomic E-state index is 10.1. The normalized spacial score (nSPS) is 49.7. The molecule has 1 nitrogen and oxygen atoms in total. The Kier molecular flexibility index (Phi) is 2.12. The second kappa shape index (κ2) is 3.13. The molecule has 16 heavy (non-hydrogen) atoms. The highest BCUT2D eigenvalue weighted by Crippen LogP contribution is 2.69. The van der Waals surface area contributed by atoms with E-state index in [9.17, 15) is 5.11 Å². The van der Waals surface area contributed by atoms with Crippen molar-refractivity contribution in [3.8, 4) is 0 Å². The highest BCUT2D eigenvalue weighted by Gasteiger charge is 2.64. The van der Waals surface area contributed by atoms with Gasteiger partial charge in [-0.25, -0.2) is 0 Å². The smallest absolute Gasteiger partial charge is 0.0608 e. The molecule has 2 saturated carbocycles. The molecule has 0 aromatic rings. The maximum absolute atomic E-state index is 10.1. The van der Waals surface area contributed by atoms with Crippen LogP contribution in [-0.4, -0.2) is 11.2 Å². The molecule has 3 aliphatic carbocycles. The molecule has 0 aliphatic heterocycles. The first-order valence-electron chi connectivity index (χ1n) is 6.81. The van der Waals surface area contributed by atoms with Gasteiger partial charge in [-0.3, -0.25) is 0 Å². The van der Waals surface area contributed by atoms with Gasteiger partial charge in [0.2, 0.25) is 0 Å². The summed E-state index contributed by atoms with van der Waals surface area (Å²) in [7, 11) is 0. The third-order valence-electron chi connectivity index (χ3n) is 5.91. The van der Waals surface area contributed by atoms with Crippen LogP contribution in [0.15, 0.2) is 11.1 Å². The monoisotopic (exact) mass is 220 g/mol. The van der Waals surface area contributed by atoms with Crippen molar-refractivity contribution in [2.24, 2.45) is 29.1 Å². The fraction of sp³-hybridized carbons (Fsp3) is 0.867. The predicted octanol–water partition coefficient (Wildman–Crippen LogP) is 3.39. The zero-order valence-electron chi connectivity index (χ0n) is 11.0. The summed E-state index contributed by atoms with van der Waals surface area (Å²) in [6, 6.07) is 0. The Morgan fingerprint density at radius 1 is 1.31 bits per heavy atom. The van der Waals surface area contributed by atoms with Gasteiger partial charge in [-0.15, -0.1) is 0 Å². The van der Waals surface area contributed by atoms with E-state index in [1.165, 1.54) is 12.8 Å². The van der Waals surface area contributed by atoms with E-state index in [1.54, 1.807) is 11.1 Å². The van der Waals surface area contributed by atoms with Gasteiger partial charge in [-0.05, 0) is 55.3 Å². The summed E-state index contributed by atoms with van der Waals surface area (Å²) in [5.41, 5.74) is 3.75. The van der Waals surface area contributed by atoms with Crippen LogP contribution in [0.3, 0.4) is 0 Å². The molecule has 5 atom stereocenters. The van der Waals surface area contributed by atoms with Gasteiger partial charge in [0.25, 0.3) is 0 Å². The fourth-order valence-corrected chi connectivity index (χ4v) is 4.69. The number of allylic oxidation sites excluding steroid dienone is 1. The standard InChI is InChI=1S/C15H24O/c1-8-5-6-11-14(15(11,3)4)13-9(2)12(16)7-10(8)13/h9,11-14,16H,5-7H2,1-4H3. The van der Waals surface area contributed by atoms with Gasteiger partial charge in [0.1, 0.15) is 0 Å². The minimum Gasteiger partial charge on any atom is -0.392 e. The highest BCUT2D eigenvalue weighted by molar-refractivity contribution is 5.30. The van der Waals surface area contributed by atoms with E-state index in [2.05, 4.69) is 27.7 Å². The molecule has 90 valence electrons. The Bertz CT molecular complexity index is 352. The van der Waals surface area contributed by atoms with Gasteiger partial charge < -0.3 is 5.11 Å². The summed E-state index contributed by atoms with van der Waals surface area (Å²) in [6.45, 7) is 9.41. The Morgan fingerprint density at radius 3 is 2.69 bits per heavy atom. The molecule has 0 amide bonds. The van der Waals surface area contributed by atoms with Gasteiger partial charge in [-0.1, -0.05) is 31.9 Å². The Balaban J connectivity index is 2.00. The molecule has 3 aliphatic rings. The first kappa shape index (κ1) is 10.8. The van der Waals surface area contributed by atoms with Crippen LogP contribution in [0, 0.1) is 29.1 Å². The SMILES string of the molecule is CC1=C2CC(O)C(C)C2C2C(CC1)C2(C)C. The number of hydrogen-bond donors (Lipinski definition) is 1. The van der Waals surface area contributed by atoms with Crippen LogP contribution in [0.1, 0.15) is 47.0 Å². The van der Waals surface area contributed by atoms with Crippen molar-refractivity contribution >= 4 is 0 Å². The lowest BCUT2D eigenvalue weighted by atomic mass is 9.84. The highest BCUT2D eigenvalue weighted by atomic mass is 16.3. The molecule has 2 fully saturated rings. The largest absolute Gasteiger partial charge is 0.392 e. The van der Waals surface area contributed by atoms with E-state index in [0.717, 1.165) is 18.3 Å². The van der Waals surface area contributed by atoms with Gasteiger partial charge in [-0.2, -0.15) is 0 Å². The van der Waals surface area contributed by atoms with Crippen molar-refractivity contribution in [3.63, 3.8) is 0 Å².